The van der Waals surface area contributed by atoms with Gasteiger partial charge >= 0.3 is 0 Å². The summed E-state index contributed by atoms with van der Waals surface area (Å²) in [4.78, 5) is 12.6. The van der Waals surface area contributed by atoms with Gasteiger partial charge in [-0.05, 0) is 42.0 Å². The molecule has 0 radical (unpaired) electrons. The lowest BCUT2D eigenvalue weighted by atomic mass is 10.2. The maximum atomic E-state index is 13.2. The average Bonchev–Trinajstić information content (AvgIpc) is 3.13. The number of aromatic nitrogens is 1. The highest BCUT2D eigenvalue weighted by Gasteiger charge is 2.24. The van der Waals surface area contributed by atoms with E-state index in [-0.39, 0.29) is 28.8 Å². The van der Waals surface area contributed by atoms with E-state index >= 15 is 0 Å². The molecule has 0 aliphatic carbocycles. The number of benzene rings is 3. The van der Waals surface area contributed by atoms with Crippen molar-refractivity contribution in [3.05, 3.63) is 95.4 Å². The fourth-order valence-electron chi connectivity index (χ4n) is 3.34. The molecule has 8 heteroatoms. The van der Waals surface area contributed by atoms with Crippen LogP contribution in [0, 0.1) is 5.82 Å². The van der Waals surface area contributed by atoms with Crippen LogP contribution >= 0.6 is 11.6 Å². The minimum Gasteiger partial charge on any atom is -0.350 e. The molecule has 158 valence electrons. The number of nitrogens with one attached hydrogen (secondary N) is 1. The molecule has 1 aromatic heterocycles. The van der Waals surface area contributed by atoms with Gasteiger partial charge in [-0.15, -0.1) is 0 Å². The summed E-state index contributed by atoms with van der Waals surface area (Å²) >= 11 is 6.12. The third-order valence-corrected chi connectivity index (χ3v) is 7.08. The number of halogens is 2. The first-order valence-corrected chi connectivity index (χ1v) is 11.3. The summed E-state index contributed by atoms with van der Waals surface area (Å²) in [5, 5.41) is 3.85. The molecular formula is C23H18ClFN2O3S. The van der Waals surface area contributed by atoms with Crippen LogP contribution in [0.1, 0.15) is 5.56 Å². The van der Waals surface area contributed by atoms with Gasteiger partial charge in [-0.3, -0.25) is 4.79 Å². The van der Waals surface area contributed by atoms with Gasteiger partial charge in [0.2, 0.25) is 15.7 Å². The quantitative estimate of drug-likeness (QED) is 0.432. The standard InChI is InChI=1S/C23H18ClFN2O3S/c24-20-7-3-1-5-16(20)13-26-23(28)15-27-14-22(19-6-2-4-8-21(19)27)31(29,30)18-11-9-17(25)10-12-18/h1-12,14H,13,15H2,(H,26,28). The number of nitrogens with zero attached hydrogens (tertiary/aromatic N) is 1. The van der Waals surface area contributed by atoms with E-state index in [4.69, 9.17) is 11.6 Å². The molecular weight excluding hydrogens is 439 g/mol. The van der Waals surface area contributed by atoms with E-state index in [2.05, 4.69) is 5.32 Å². The second kappa shape index (κ2) is 8.53. The number of rotatable bonds is 6. The van der Waals surface area contributed by atoms with Gasteiger partial charge < -0.3 is 9.88 Å². The van der Waals surface area contributed by atoms with E-state index in [0.717, 1.165) is 17.7 Å². The number of hydrogen-bond donors (Lipinski definition) is 1. The summed E-state index contributed by atoms with van der Waals surface area (Å²) in [6, 6.07) is 18.8. The van der Waals surface area contributed by atoms with Crippen molar-refractivity contribution in [2.24, 2.45) is 0 Å². The molecule has 1 amide bonds. The molecule has 0 bridgehead atoms. The normalized spacial score (nSPS) is 11.5. The second-order valence-electron chi connectivity index (χ2n) is 6.96. The fraction of sp³-hybridized carbons (Fsp3) is 0.0870. The summed E-state index contributed by atoms with van der Waals surface area (Å²) in [7, 11) is -3.89. The average molecular weight is 457 g/mol. The zero-order valence-electron chi connectivity index (χ0n) is 16.3. The molecule has 4 rings (SSSR count). The number of carbonyl (C=O) groups is 1. The zero-order chi connectivity index (χ0) is 22.0. The molecule has 0 aliphatic rings. The van der Waals surface area contributed by atoms with Gasteiger partial charge in [0.15, 0.2) is 0 Å². The highest BCUT2D eigenvalue weighted by atomic mass is 35.5. The number of sulfone groups is 1. The second-order valence-corrected chi connectivity index (χ2v) is 9.29. The Balaban J connectivity index is 1.63. The van der Waals surface area contributed by atoms with Crippen LogP contribution in [0.3, 0.4) is 0 Å². The van der Waals surface area contributed by atoms with Crippen LogP contribution in [0.15, 0.2) is 88.8 Å². The van der Waals surface area contributed by atoms with E-state index in [1.54, 1.807) is 34.9 Å². The number of para-hydroxylation sites is 1. The summed E-state index contributed by atoms with van der Waals surface area (Å²) in [6.45, 7) is 0.197. The van der Waals surface area contributed by atoms with E-state index in [1.807, 2.05) is 18.2 Å². The van der Waals surface area contributed by atoms with Crippen molar-refractivity contribution >= 4 is 38.2 Å². The first kappa shape index (κ1) is 21.1. The third-order valence-electron chi connectivity index (χ3n) is 4.91. The molecule has 3 aromatic carbocycles. The maximum Gasteiger partial charge on any atom is 0.240 e. The highest BCUT2D eigenvalue weighted by Crippen LogP contribution is 2.30. The highest BCUT2D eigenvalue weighted by molar-refractivity contribution is 7.91. The summed E-state index contributed by atoms with van der Waals surface area (Å²) in [6.07, 6.45) is 1.44. The van der Waals surface area contributed by atoms with Gasteiger partial charge in [-0.1, -0.05) is 48.0 Å². The van der Waals surface area contributed by atoms with Crippen molar-refractivity contribution in [2.75, 3.05) is 0 Å². The van der Waals surface area contributed by atoms with Crippen LogP contribution < -0.4 is 5.32 Å². The van der Waals surface area contributed by atoms with Crippen molar-refractivity contribution in [1.29, 1.82) is 0 Å². The molecule has 5 nitrogen and oxygen atoms in total. The Bertz CT molecular complexity index is 1370. The number of fused-ring (bicyclic) bond motifs is 1. The summed E-state index contributed by atoms with van der Waals surface area (Å²) in [5.41, 5.74) is 1.39. The Morgan fingerprint density at radius 1 is 0.968 bits per heavy atom. The van der Waals surface area contributed by atoms with E-state index in [1.165, 1.54) is 18.3 Å². The van der Waals surface area contributed by atoms with Crippen molar-refractivity contribution in [2.45, 2.75) is 22.9 Å². The molecule has 0 spiro atoms. The van der Waals surface area contributed by atoms with Crippen molar-refractivity contribution in [3.63, 3.8) is 0 Å². The van der Waals surface area contributed by atoms with Crippen LogP contribution in [-0.4, -0.2) is 18.9 Å². The van der Waals surface area contributed by atoms with Gasteiger partial charge in [-0.25, -0.2) is 12.8 Å². The van der Waals surface area contributed by atoms with Crippen molar-refractivity contribution in [1.82, 2.24) is 9.88 Å². The van der Waals surface area contributed by atoms with Crippen LogP contribution in [0.25, 0.3) is 10.9 Å². The van der Waals surface area contributed by atoms with Crippen LogP contribution in [0.4, 0.5) is 4.39 Å². The Kier molecular flexibility index (Phi) is 5.80. The van der Waals surface area contributed by atoms with Crippen molar-refractivity contribution in [3.8, 4) is 0 Å². The SMILES string of the molecule is O=C(Cn1cc(S(=O)(=O)c2ccc(F)cc2)c2ccccc21)NCc1ccccc1Cl. The predicted octanol–water partition coefficient (Wildman–Crippen LogP) is 4.58. The molecule has 1 heterocycles. The largest absolute Gasteiger partial charge is 0.350 e. The van der Waals surface area contributed by atoms with Gasteiger partial charge in [0.25, 0.3) is 0 Å². The molecule has 0 fully saturated rings. The van der Waals surface area contributed by atoms with Gasteiger partial charge in [-0.2, -0.15) is 0 Å². The lowest BCUT2D eigenvalue weighted by Crippen LogP contribution is -2.27. The van der Waals surface area contributed by atoms with E-state index in [9.17, 15) is 17.6 Å². The zero-order valence-corrected chi connectivity index (χ0v) is 17.8. The maximum absolute atomic E-state index is 13.2. The van der Waals surface area contributed by atoms with Crippen LogP contribution in [0.2, 0.25) is 5.02 Å². The lowest BCUT2D eigenvalue weighted by molar-refractivity contribution is -0.121. The monoisotopic (exact) mass is 456 g/mol. The molecule has 4 aromatic rings. The fourth-order valence-corrected chi connectivity index (χ4v) is 5.02. The van der Waals surface area contributed by atoms with E-state index < -0.39 is 15.7 Å². The lowest BCUT2D eigenvalue weighted by Gasteiger charge is -2.08. The van der Waals surface area contributed by atoms with Crippen LogP contribution in [0.5, 0.6) is 0 Å². The Morgan fingerprint density at radius 2 is 1.65 bits per heavy atom. The predicted molar refractivity (Wildman–Crippen MR) is 117 cm³/mol. The smallest absolute Gasteiger partial charge is 0.240 e. The van der Waals surface area contributed by atoms with Gasteiger partial charge in [0.05, 0.1) is 9.79 Å². The molecule has 0 atom stereocenters. The Hall–Kier alpha value is -3.16. The molecule has 31 heavy (non-hydrogen) atoms. The number of carbonyl (C=O) groups excluding carboxylic acids is 1. The molecule has 0 aliphatic heterocycles. The first-order valence-electron chi connectivity index (χ1n) is 9.45. The molecule has 0 saturated carbocycles. The van der Waals surface area contributed by atoms with Gasteiger partial charge in [0.1, 0.15) is 12.4 Å². The molecule has 1 N–H and O–H groups in total. The van der Waals surface area contributed by atoms with E-state index in [0.29, 0.717) is 15.9 Å². The minimum atomic E-state index is -3.89. The Morgan fingerprint density at radius 3 is 2.39 bits per heavy atom. The summed E-state index contributed by atoms with van der Waals surface area (Å²) < 4.78 is 41.1. The first-order chi connectivity index (χ1) is 14.9. The number of hydrogen-bond acceptors (Lipinski definition) is 3. The molecule has 0 unspecified atom stereocenters. The van der Waals surface area contributed by atoms with Gasteiger partial charge in [0, 0.05) is 28.7 Å². The third kappa shape index (κ3) is 4.33. The summed E-state index contributed by atoms with van der Waals surface area (Å²) in [5.74, 6) is -0.803. The minimum absolute atomic E-state index is 0.0139. The van der Waals surface area contributed by atoms with Crippen molar-refractivity contribution < 1.29 is 17.6 Å². The van der Waals surface area contributed by atoms with Crippen LogP contribution in [-0.2, 0) is 27.7 Å². The Labute approximate surface area is 184 Å². The molecule has 0 saturated heterocycles. The topological polar surface area (TPSA) is 68.2 Å². The number of amides is 1.